The molecule has 0 saturated heterocycles. The zero-order valence-corrected chi connectivity index (χ0v) is 16.6. The number of halogens is 1. The lowest BCUT2D eigenvalue weighted by atomic mass is 9.85. The first-order chi connectivity index (χ1) is 14.3. The van der Waals surface area contributed by atoms with E-state index in [1.807, 2.05) is 13.0 Å². The van der Waals surface area contributed by atoms with Crippen LogP contribution in [0.1, 0.15) is 28.5 Å². The summed E-state index contributed by atoms with van der Waals surface area (Å²) < 4.78 is 18.5. The van der Waals surface area contributed by atoms with Gasteiger partial charge in [0.25, 0.3) is 11.9 Å². The van der Waals surface area contributed by atoms with Gasteiger partial charge in [0.1, 0.15) is 17.1 Å². The minimum Gasteiger partial charge on any atom is -0.469 e. The summed E-state index contributed by atoms with van der Waals surface area (Å²) in [6.07, 6.45) is 1.42. The molecule has 0 radical (unpaired) electrons. The fourth-order valence-corrected chi connectivity index (χ4v) is 2.97. The molecule has 3 aromatic rings. The number of nitrogens with two attached hydrogens (primary N) is 2. The number of anilines is 2. The van der Waals surface area contributed by atoms with Crippen LogP contribution in [-0.2, 0) is 10.3 Å². The van der Waals surface area contributed by atoms with Crippen molar-refractivity contribution in [1.82, 2.24) is 4.98 Å². The zero-order valence-electron chi connectivity index (χ0n) is 16.6. The van der Waals surface area contributed by atoms with Gasteiger partial charge in [-0.25, -0.2) is 14.4 Å². The Bertz CT molecular complexity index is 1070. The van der Waals surface area contributed by atoms with Gasteiger partial charge < -0.3 is 21.5 Å². The summed E-state index contributed by atoms with van der Waals surface area (Å²) in [5, 5.41) is 2.80. The Morgan fingerprint density at radius 2 is 1.87 bits per heavy atom. The molecule has 0 aliphatic carbocycles. The number of rotatable bonds is 5. The van der Waals surface area contributed by atoms with Crippen molar-refractivity contribution in [3.63, 3.8) is 0 Å². The van der Waals surface area contributed by atoms with Gasteiger partial charge in [-0.2, -0.15) is 0 Å². The molecule has 1 amide bonds. The van der Waals surface area contributed by atoms with E-state index in [9.17, 15) is 9.18 Å². The lowest BCUT2D eigenvalue weighted by molar-refractivity contribution is 0.102. The molecule has 2 aromatic carbocycles. The van der Waals surface area contributed by atoms with Gasteiger partial charge in [-0.3, -0.25) is 4.79 Å². The number of nitrogen functional groups attached to an aromatic ring is 1. The average molecular weight is 407 g/mol. The van der Waals surface area contributed by atoms with Crippen molar-refractivity contribution in [2.45, 2.75) is 12.5 Å². The monoisotopic (exact) mass is 407 g/mol. The second-order valence-corrected chi connectivity index (χ2v) is 6.74. The summed E-state index contributed by atoms with van der Waals surface area (Å²) in [5.41, 5.74) is 13.1. The Balaban J connectivity index is 1.98. The highest BCUT2D eigenvalue weighted by Crippen LogP contribution is 2.35. The second kappa shape index (κ2) is 8.60. The molecule has 0 bridgehead atoms. The summed E-state index contributed by atoms with van der Waals surface area (Å²) in [5.74, 6) is -0.739. The molecule has 7 nitrogen and oxygen atoms in total. The van der Waals surface area contributed by atoms with Crippen LogP contribution in [0.2, 0.25) is 0 Å². The van der Waals surface area contributed by atoms with Crippen molar-refractivity contribution in [2.75, 3.05) is 18.2 Å². The van der Waals surface area contributed by atoms with E-state index in [0.29, 0.717) is 16.9 Å². The van der Waals surface area contributed by atoms with Crippen LogP contribution in [0.4, 0.5) is 15.8 Å². The molecule has 3 rings (SSSR count). The molecule has 0 aliphatic rings. The van der Waals surface area contributed by atoms with Gasteiger partial charge in [0, 0.05) is 5.69 Å². The van der Waals surface area contributed by atoms with Crippen molar-refractivity contribution in [2.24, 2.45) is 10.7 Å². The first-order valence-electron chi connectivity index (χ1n) is 9.10. The summed E-state index contributed by atoms with van der Waals surface area (Å²) in [6, 6.07) is 16.2. The maximum absolute atomic E-state index is 13.5. The zero-order chi connectivity index (χ0) is 21.7. The van der Waals surface area contributed by atoms with Gasteiger partial charge in [0.05, 0.1) is 19.0 Å². The first kappa shape index (κ1) is 20.8. The molecule has 8 heteroatoms. The number of hydrogen-bond donors (Lipinski definition) is 3. The number of nitrogens with one attached hydrogen (secondary N) is 1. The van der Waals surface area contributed by atoms with Gasteiger partial charge in [-0.1, -0.05) is 24.3 Å². The highest BCUT2D eigenvalue weighted by atomic mass is 19.1. The molecule has 1 heterocycles. The van der Waals surface area contributed by atoms with Crippen LogP contribution in [0, 0.1) is 5.82 Å². The fraction of sp³-hybridized carbons (Fsp3) is 0.136. The SMILES string of the molecule is CO/C(N)=N/C(C)(c1ccc(F)cc1)c1cccc(NC(=O)c2ccc(N)cn2)c1. The van der Waals surface area contributed by atoms with Gasteiger partial charge in [-0.05, 0) is 54.4 Å². The summed E-state index contributed by atoms with van der Waals surface area (Å²) in [7, 11) is 1.42. The number of hydrogen-bond acceptors (Lipinski definition) is 5. The normalized spacial score (nSPS) is 13.4. The van der Waals surface area contributed by atoms with E-state index in [1.165, 1.54) is 25.4 Å². The quantitative estimate of drug-likeness (QED) is 0.443. The molecule has 5 N–H and O–H groups in total. The van der Waals surface area contributed by atoms with Crippen molar-refractivity contribution in [3.8, 4) is 0 Å². The molecule has 1 atom stereocenters. The van der Waals surface area contributed by atoms with E-state index >= 15 is 0 Å². The van der Waals surface area contributed by atoms with Crippen molar-refractivity contribution < 1.29 is 13.9 Å². The Kier molecular flexibility index (Phi) is 5.96. The third kappa shape index (κ3) is 4.54. The van der Waals surface area contributed by atoms with Gasteiger partial charge >= 0.3 is 0 Å². The molecule has 0 spiro atoms. The Labute approximate surface area is 173 Å². The molecule has 0 fully saturated rings. The van der Waals surface area contributed by atoms with Gasteiger partial charge in [0.15, 0.2) is 0 Å². The predicted octanol–water partition coefficient (Wildman–Crippen LogP) is 3.28. The number of amides is 1. The van der Waals surface area contributed by atoms with Crippen LogP contribution in [0.25, 0.3) is 0 Å². The number of amidine groups is 1. The maximum Gasteiger partial charge on any atom is 0.282 e. The first-order valence-corrected chi connectivity index (χ1v) is 9.10. The van der Waals surface area contributed by atoms with Crippen LogP contribution in [-0.4, -0.2) is 24.0 Å². The number of benzene rings is 2. The Morgan fingerprint density at radius 3 is 2.50 bits per heavy atom. The molecule has 1 aromatic heterocycles. The van der Waals surface area contributed by atoms with Crippen LogP contribution >= 0.6 is 0 Å². The lowest BCUT2D eigenvalue weighted by Crippen LogP contribution is -2.27. The Hall–Kier alpha value is -3.94. The number of methoxy groups -OCH3 is 1. The summed E-state index contributed by atoms with van der Waals surface area (Å²) in [6.45, 7) is 1.83. The lowest BCUT2D eigenvalue weighted by Gasteiger charge is -2.27. The molecule has 0 aliphatic heterocycles. The van der Waals surface area contributed by atoms with Crippen LogP contribution < -0.4 is 16.8 Å². The van der Waals surface area contributed by atoms with E-state index < -0.39 is 5.54 Å². The molecule has 154 valence electrons. The van der Waals surface area contributed by atoms with Crippen molar-refractivity contribution in [1.29, 1.82) is 0 Å². The fourth-order valence-electron chi connectivity index (χ4n) is 2.97. The van der Waals surface area contributed by atoms with Crippen molar-refractivity contribution in [3.05, 3.63) is 89.5 Å². The van der Waals surface area contributed by atoms with E-state index in [1.54, 1.807) is 42.5 Å². The smallest absolute Gasteiger partial charge is 0.282 e. The third-order valence-electron chi connectivity index (χ3n) is 4.65. The van der Waals surface area contributed by atoms with Crippen LogP contribution in [0.5, 0.6) is 0 Å². The third-order valence-corrected chi connectivity index (χ3v) is 4.65. The summed E-state index contributed by atoms with van der Waals surface area (Å²) >= 11 is 0. The summed E-state index contributed by atoms with van der Waals surface area (Å²) in [4.78, 5) is 21.0. The predicted molar refractivity (Wildman–Crippen MR) is 115 cm³/mol. The Morgan fingerprint density at radius 1 is 1.13 bits per heavy atom. The van der Waals surface area contributed by atoms with Crippen LogP contribution in [0.15, 0.2) is 71.9 Å². The number of pyridine rings is 1. The van der Waals surface area contributed by atoms with Gasteiger partial charge in [-0.15, -0.1) is 0 Å². The molecular weight excluding hydrogens is 385 g/mol. The topological polar surface area (TPSA) is 116 Å². The molecule has 0 saturated carbocycles. The van der Waals surface area contributed by atoms with Crippen LogP contribution in [0.3, 0.4) is 0 Å². The van der Waals surface area contributed by atoms with E-state index in [-0.39, 0.29) is 23.4 Å². The van der Waals surface area contributed by atoms with E-state index in [2.05, 4.69) is 15.3 Å². The largest absolute Gasteiger partial charge is 0.469 e. The highest BCUT2D eigenvalue weighted by molar-refractivity contribution is 6.03. The number of carbonyl (C=O) groups is 1. The van der Waals surface area contributed by atoms with E-state index in [4.69, 9.17) is 16.2 Å². The minimum absolute atomic E-state index is 0.0256. The highest BCUT2D eigenvalue weighted by Gasteiger charge is 2.30. The van der Waals surface area contributed by atoms with E-state index in [0.717, 1.165) is 5.56 Å². The number of carbonyl (C=O) groups excluding carboxylic acids is 1. The van der Waals surface area contributed by atoms with Crippen molar-refractivity contribution >= 4 is 23.3 Å². The maximum atomic E-state index is 13.5. The minimum atomic E-state index is -0.978. The standard InChI is InChI=1S/C22H22FN5O2/c1-22(28-21(25)30-2,14-6-8-16(23)9-7-14)15-4-3-5-18(12-15)27-20(29)19-11-10-17(24)13-26-19/h3-13H,24H2,1-2H3,(H2,25,28)(H,27,29). The average Bonchev–Trinajstić information content (AvgIpc) is 2.74. The molecule has 1 unspecified atom stereocenters. The second-order valence-electron chi connectivity index (χ2n) is 6.74. The molecule has 30 heavy (non-hydrogen) atoms. The number of aliphatic imine (C=N–C) groups is 1. The van der Waals surface area contributed by atoms with Gasteiger partial charge in [0.2, 0.25) is 0 Å². The molecular formula is C22H22FN5O2. The number of ether oxygens (including phenoxy) is 1. The number of aromatic nitrogens is 1. The number of nitrogens with zero attached hydrogens (tertiary/aromatic N) is 2.